The maximum Gasteiger partial charge on any atom is 0.120 e. The van der Waals surface area contributed by atoms with Crippen molar-refractivity contribution in [3.05, 3.63) is 96.6 Å². The lowest BCUT2D eigenvalue weighted by Gasteiger charge is -2.38. The predicted octanol–water partition coefficient (Wildman–Crippen LogP) is 10.3. The number of nitrogens with two attached hydrogens (primary N) is 1. The average molecular weight is 792 g/mol. The number of likely N-dealkylation sites (N-methyl/N-ethyl adjacent to an activating group) is 1. The van der Waals surface area contributed by atoms with Gasteiger partial charge in [-0.2, -0.15) is 0 Å². The Morgan fingerprint density at radius 1 is 1.12 bits per heavy atom. The first-order valence-electron chi connectivity index (χ1n) is 22.1. The van der Waals surface area contributed by atoms with E-state index in [1.54, 1.807) is 0 Å². The summed E-state index contributed by atoms with van der Waals surface area (Å²) in [5, 5.41) is 5.16. The molecule has 318 valence electrons. The fourth-order valence-corrected chi connectivity index (χ4v) is 9.22. The molecule has 58 heavy (non-hydrogen) atoms. The summed E-state index contributed by atoms with van der Waals surface area (Å²) in [6.45, 7) is 35.9. The van der Waals surface area contributed by atoms with Gasteiger partial charge < -0.3 is 19.6 Å². The molecule has 0 radical (unpaired) electrons. The van der Waals surface area contributed by atoms with Crippen molar-refractivity contribution < 1.29 is 4.79 Å². The number of benzene rings is 1. The summed E-state index contributed by atoms with van der Waals surface area (Å²) in [6.07, 6.45) is 14.7. The van der Waals surface area contributed by atoms with E-state index in [4.69, 9.17) is 17.4 Å². The summed E-state index contributed by atoms with van der Waals surface area (Å²) in [4.78, 5) is 21.3. The molecular formula is C50H77N7O. The molecule has 4 N–H and O–H groups in total. The summed E-state index contributed by atoms with van der Waals surface area (Å²) >= 11 is 0. The van der Waals surface area contributed by atoms with E-state index in [1.165, 1.54) is 44.4 Å². The second-order valence-electron chi connectivity index (χ2n) is 18.0. The molecule has 4 rings (SSSR count). The number of aryl methyl sites for hydroxylation is 1. The van der Waals surface area contributed by atoms with Crippen molar-refractivity contribution in [2.45, 2.75) is 131 Å². The Balaban J connectivity index is 1.72. The first-order chi connectivity index (χ1) is 27.7. The highest BCUT2D eigenvalue weighted by molar-refractivity contribution is 5.94. The molecule has 8 nitrogen and oxygen atoms in total. The Morgan fingerprint density at radius 3 is 2.53 bits per heavy atom. The van der Waals surface area contributed by atoms with Gasteiger partial charge in [0.1, 0.15) is 6.29 Å². The molecule has 1 aromatic carbocycles. The van der Waals surface area contributed by atoms with Gasteiger partial charge in [0.25, 0.3) is 0 Å². The molecule has 0 amide bonds. The summed E-state index contributed by atoms with van der Waals surface area (Å²) in [5.74, 6) is 6.56. The van der Waals surface area contributed by atoms with Crippen LogP contribution in [0.25, 0.3) is 27.7 Å². The zero-order valence-electron chi connectivity index (χ0n) is 37.7. The van der Waals surface area contributed by atoms with Crippen LogP contribution in [0, 0.1) is 17.3 Å². The van der Waals surface area contributed by atoms with Gasteiger partial charge in [-0.3, -0.25) is 21.2 Å². The molecule has 3 heterocycles. The molecule has 0 fully saturated rings. The Morgan fingerprint density at radius 2 is 1.88 bits per heavy atom. The quantitative estimate of drug-likeness (QED) is 0.0259. The maximum atomic E-state index is 11.6. The molecule has 8 heteroatoms. The number of nitrogens with zero attached hydrogens (tertiary/aromatic N) is 4. The molecule has 2 aromatic heterocycles. The van der Waals surface area contributed by atoms with Crippen molar-refractivity contribution in [2.24, 2.45) is 23.1 Å². The lowest BCUT2D eigenvalue weighted by molar-refractivity contribution is -0.108. The van der Waals surface area contributed by atoms with E-state index in [9.17, 15) is 4.79 Å². The van der Waals surface area contributed by atoms with Gasteiger partial charge in [0.15, 0.2) is 0 Å². The smallest absolute Gasteiger partial charge is 0.120 e. The van der Waals surface area contributed by atoms with Crippen LogP contribution in [0.3, 0.4) is 0 Å². The lowest BCUT2D eigenvalue weighted by atomic mass is 9.80. The number of hydrazine groups is 1. The number of pyridine rings is 1. The molecule has 3 aromatic rings. The number of rotatable bonds is 25. The third kappa shape index (κ3) is 11.6. The van der Waals surface area contributed by atoms with Gasteiger partial charge in [0.2, 0.25) is 0 Å². The molecule has 1 aliphatic heterocycles. The van der Waals surface area contributed by atoms with E-state index in [0.717, 1.165) is 95.3 Å². The third-order valence-electron chi connectivity index (χ3n) is 12.6. The summed E-state index contributed by atoms with van der Waals surface area (Å²) in [5.41, 5.74) is 14.0. The zero-order chi connectivity index (χ0) is 42.6. The average Bonchev–Trinajstić information content (AvgIpc) is 3.51. The highest BCUT2D eigenvalue weighted by Crippen LogP contribution is 2.42. The molecule has 1 aliphatic rings. The van der Waals surface area contributed by atoms with Crippen LogP contribution in [0.5, 0.6) is 0 Å². The molecule has 4 unspecified atom stereocenters. The standard InChI is InChI=1S/C50H77N7O/c1-13-36(6)47-42(23-18-27-52-47)49-44(32-50(10,11)26-20-30-58)43-31-40(24-25-46(43)57(49)15-3)41-22-19-29-56(33-41)34-45(37(7)21-16-17-28-53-51)38(8)54-39(9)48(35(4)5)55(12)14-2/h14,18,22-25,27,30-31,35-36,38,45,48,53-54H,2,7,9,13,15-17,19-21,26,28-29,32-34,51H2,1,3-6,8,10-12H3. The number of hydrogen-bond donors (Lipinski definition) is 3. The molecule has 0 aliphatic carbocycles. The molecular weight excluding hydrogens is 715 g/mol. The minimum Gasteiger partial charge on any atom is -0.384 e. The van der Waals surface area contributed by atoms with Crippen LogP contribution >= 0.6 is 0 Å². The van der Waals surface area contributed by atoms with Crippen molar-refractivity contribution in [3.8, 4) is 11.3 Å². The van der Waals surface area contributed by atoms with Crippen LogP contribution in [-0.4, -0.2) is 70.9 Å². The highest BCUT2D eigenvalue weighted by atomic mass is 16.1. The van der Waals surface area contributed by atoms with E-state index in [-0.39, 0.29) is 23.4 Å². The largest absolute Gasteiger partial charge is 0.384 e. The number of fused-ring (bicyclic) bond motifs is 1. The first kappa shape index (κ1) is 46.7. The minimum absolute atomic E-state index is 0.0529. The van der Waals surface area contributed by atoms with Gasteiger partial charge in [0.05, 0.1) is 17.4 Å². The van der Waals surface area contributed by atoms with Gasteiger partial charge in [-0.1, -0.05) is 79.0 Å². The summed E-state index contributed by atoms with van der Waals surface area (Å²) in [7, 11) is 2.08. The summed E-state index contributed by atoms with van der Waals surface area (Å²) < 4.78 is 2.51. The van der Waals surface area contributed by atoms with E-state index in [1.807, 2.05) is 12.4 Å². The molecule has 0 bridgehead atoms. The van der Waals surface area contributed by atoms with Gasteiger partial charge in [-0.05, 0) is 123 Å². The van der Waals surface area contributed by atoms with Crippen molar-refractivity contribution in [3.63, 3.8) is 0 Å². The van der Waals surface area contributed by atoms with Crippen molar-refractivity contribution in [1.29, 1.82) is 0 Å². The summed E-state index contributed by atoms with van der Waals surface area (Å²) in [6, 6.07) is 11.8. The van der Waals surface area contributed by atoms with Crippen LogP contribution in [0.15, 0.2) is 79.8 Å². The van der Waals surface area contributed by atoms with Crippen LogP contribution in [-0.2, 0) is 17.8 Å². The number of aldehydes is 1. The highest BCUT2D eigenvalue weighted by Gasteiger charge is 2.30. The number of nitrogens with one attached hydrogen (secondary N) is 2. The lowest BCUT2D eigenvalue weighted by Crippen LogP contribution is -2.46. The van der Waals surface area contributed by atoms with E-state index < -0.39 is 0 Å². The normalized spacial score (nSPS) is 15.8. The van der Waals surface area contributed by atoms with E-state index >= 15 is 0 Å². The van der Waals surface area contributed by atoms with E-state index in [2.05, 4.69) is 137 Å². The number of unbranched alkanes of at least 4 members (excludes halogenated alkanes) is 1. The number of carbonyl (C=O) groups is 1. The van der Waals surface area contributed by atoms with Crippen molar-refractivity contribution in [1.82, 2.24) is 30.1 Å². The topological polar surface area (TPSA) is 91.4 Å². The molecule has 4 atom stereocenters. The van der Waals surface area contributed by atoms with Crippen molar-refractivity contribution >= 4 is 22.8 Å². The second kappa shape index (κ2) is 21.9. The number of aromatic nitrogens is 2. The molecule has 0 saturated carbocycles. The predicted molar refractivity (Wildman–Crippen MR) is 248 cm³/mol. The maximum absolute atomic E-state index is 11.6. The number of hydrogen-bond acceptors (Lipinski definition) is 7. The SMILES string of the molecule is C=CN(C)C(C(=C)NC(C)C(CN1CCC=C(c2ccc3c(c2)c(CC(C)(C)CCC=O)c(-c2cccnc2C(C)CC)n3CC)C1)C(=C)CCCCNN)C(C)C. The van der Waals surface area contributed by atoms with E-state index in [0.29, 0.717) is 18.3 Å². The Hall–Kier alpha value is -3.98. The minimum atomic E-state index is -0.0529. The fraction of sp³-hybridized carbons (Fsp3) is 0.560. The zero-order valence-corrected chi connectivity index (χ0v) is 37.7. The third-order valence-corrected chi connectivity index (χ3v) is 12.6. The van der Waals surface area contributed by atoms with Crippen LogP contribution in [0.2, 0.25) is 0 Å². The first-order valence-corrected chi connectivity index (χ1v) is 22.1. The van der Waals surface area contributed by atoms with Crippen LogP contribution < -0.4 is 16.6 Å². The van der Waals surface area contributed by atoms with Gasteiger partial charge >= 0.3 is 0 Å². The van der Waals surface area contributed by atoms with Gasteiger partial charge in [-0.25, -0.2) is 0 Å². The molecule has 0 saturated heterocycles. The monoisotopic (exact) mass is 792 g/mol. The molecule has 0 spiro atoms. The second-order valence-corrected chi connectivity index (χ2v) is 18.0. The Bertz CT molecular complexity index is 1870. The van der Waals surface area contributed by atoms with Gasteiger partial charge in [0, 0.05) is 86.5 Å². The van der Waals surface area contributed by atoms with Crippen LogP contribution in [0.4, 0.5) is 0 Å². The van der Waals surface area contributed by atoms with Gasteiger partial charge in [-0.15, -0.1) is 0 Å². The van der Waals surface area contributed by atoms with Crippen molar-refractivity contribution in [2.75, 3.05) is 33.2 Å². The Kier molecular flexibility index (Phi) is 17.6. The Labute approximate surface area is 352 Å². The van der Waals surface area contributed by atoms with Crippen LogP contribution in [0.1, 0.15) is 123 Å². The number of carbonyl (C=O) groups excluding carboxylic acids is 1. The fourth-order valence-electron chi connectivity index (χ4n) is 9.22.